The van der Waals surface area contributed by atoms with Crippen molar-refractivity contribution in [3.8, 4) is 0 Å². The van der Waals surface area contributed by atoms with E-state index in [2.05, 4.69) is 15.2 Å². The molecular weight excluding hydrogens is 296 g/mol. The molecule has 0 spiro atoms. The highest BCUT2D eigenvalue weighted by Crippen LogP contribution is 2.32. The second kappa shape index (κ2) is 7.15. The minimum atomic E-state index is -0.547. The quantitative estimate of drug-likeness (QED) is 0.943. The van der Waals surface area contributed by atoms with Gasteiger partial charge in [-0.05, 0) is 43.1 Å². The fourth-order valence-corrected chi connectivity index (χ4v) is 3.20. The van der Waals surface area contributed by atoms with E-state index in [1.165, 1.54) is 6.07 Å². The minimum Gasteiger partial charge on any atom is -0.315 e. The van der Waals surface area contributed by atoms with Gasteiger partial charge in [0, 0.05) is 43.7 Å². The number of rotatable bonds is 3. The summed E-state index contributed by atoms with van der Waals surface area (Å²) >= 11 is 0. The number of aromatic nitrogens is 1. The molecule has 2 aromatic rings. The van der Waals surface area contributed by atoms with Gasteiger partial charge in [0.1, 0.15) is 11.6 Å². The highest BCUT2D eigenvalue weighted by molar-refractivity contribution is 5.36. The molecule has 1 N–H and O–H groups in total. The van der Waals surface area contributed by atoms with Gasteiger partial charge < -0.3 is 5.32 Å². The van der Waals surface area contributed by atoms with Crippen LogP contribution in [0.5, 0.6) is 0 Å². The Labute approximate surface area is 135 Å². The molecule has 122 valence electrons. The normalized spacial score (nSPS) is 17.7. The van der Waals surface area contributed by atoms with Gasteiger partial charge in [-0.3, -0.25) is 9.88 Å². The van der Waals surface area contributed by atoms with Crippen molar-refractivity contribution in [2.75, 3.05) is 26.2 Å². The molecule has 3 nitrogen and oxygen atoms in total. The van der Waals surface area contributed by atoms with Crippen molar-refractivity contribution < 1.29 is 8.78 Å². The van der Waals surface area contributed by atoms with Crippen LogP contribution in [0.4, 0.5) is 8.78 Å². The molecular formula is C18H21F2N3. The van der Waals surface area contributed by atoms with E-state index in [9.17, 15) is 8.78 Å². The summed E-state index contributed by atoms with van der Waals surface area (Å²) in [6.07, 6.45) is 4.52. The molecule has 1 aromatic heterocycles. The first-order chi connectivity index (χ1) is 11.2. The highest BCUT2D eigenvalue weighted by Gasteiger charge is 2.27. The van der Waals surface area contributed by atoms with Crippen LogP contribution in [0.2, 0.25) is 0 Å². The monoisotopic (exact) mass is 317 g/mol. The van der Waals surface area contributed by atoms with E-state index in [0.717, 1.165) is 49.8 Å². The molecule has 23 heavy (non-hydrogen) atoms. The van der Waals surface area contributed by atoms with Crippen LogP contribution >= 0.6 is 0 Å². The van der Waals surface area contributed by atoms with Gasteiger partial charge in [0.25, 0.3) is 0 Å². The van der Waals surface area contributed by atoms with Gasteiger partial charge in [0.2, 0.25) is 0 Å². The van der Waals surface area contributed by atoms with E-state index in [0.29, 0.717) is 5.56 Å². The van der Waals surface area contributed by atoms with Crippen LogP contribution in [0, 0.1) is 18.6 Å². The number of hydrogen-bond acceptors (Lipinski definition) is 3. The molecule has 0 radical (unpaired) electrons. The summed E-state index contributed by atoms with van der Waals surface area (Å²) in [6.45, 7) is 5.50. The van der Waals surface area contributed by atoms with Crippen LogP contribution in [0.15, 0.2) is 36.7 Å². The van der Waals surface area contributed by atoms with Crippen molar-refractivity contribution in [1.29, 1.82) is 0 Å². The molecule has 1 aliphatic rings. The highest BCUT2D eigenvalue weighted by atomic mass is 19.1. The van der Waals surface area contributed by atoms with Gasteiger partial charge in [-0.15, -0.1) is 0 Å². The molecule has 0 amide bonds. The maximum Gasteiger partial charge on any atom is 0.131 e. The number of nitrogens with zero attached hydrogens (tertiary/aromatic N) is 2. The number of aryl methyl sites for hydroxylation is 1. The summed E-state index contributed by atoms with van der Waals surface area (Å²) in [5.74, 6) is -1.04. The molecule has 0 saturated carbocycles. The first kappa shape index (κ1) is 16.0. The predicted molar refractivity (Wildman–Crippen MR) is 86.2 cm³/mol. The van der Waals surface area contributed by atoms with E-state index in [1.54, 1.807) is 18.5 Å². The SMILES string of the molecule is Cc1cnccc1C(c1ccc(F)cc1F)N1CCCNCC1. The lowest BCUT2D eigenvalue weighted by Crippen LogP contribution is -2.34. The summed E-state index contributed by atoms with van der Waals surface area (Å²) in [6, 6.07) is 5.57. The van der Waals surface area contributed by atoms with E-state index < -0.39 is 11.6 Å². The summed E-state index contributed by atoms with van der Waals surface area (Å²) in [5, 5.41) is 3.37. The zero-order valence-electron chi connectivity index (χ0n) is 13.2. The zero-order chi connectivity index (χ0) is 16.2. The lowest BCUT2D eigenvalue weighted by molar-refractivity contribution is 0.236. The Balaban J connectivity index is 2.07. The van der Waals surface area contributed by atoms with Gasteiger partial charge in [0.15, 0.2) is 0 Å². The van der Waals surface area contributed by atoms with Crippen molar-refractivity contribution >= 4 is 0 Å². The van der Waals surface area contributed by atoms with Crippen molar-refractivity contribution in [2.24, 2.45) is 0 Å². The van der Waals surface area contributed by atoms with E-state index in [4.69, 9.17) is 0 Å². The smallest absolute Gasteiger partial charge is 0.131 e. The van der Waals surface area contributed by atoms with Crippen LogP contribution < -0.4 is 5.32 Å². The second-order valence-corrected chi connectivity index (χ2v) is 5.94. The molecule has 1 fully saturated rings. The van der Waals surface area contributed by atoms with Gasteiger partial charge in [-0.1, -0.05) is 6.07 Å². The third kappa shape index (κ3) is 3.57. The molecule has 1 unspecified atom stereocenters. The molecule has 0 aliphatic carbocycles. The first-order valence-corrected chi connectivity index (χ1v) is 7.97. The maximum atomic E-state index is 14.5. The van der Waals surface area contributed by atoms with Gasteiger partial charge in [-0.25, -0.2) is 8.78 Å². The fourth-order valence-electron chi connectivity index (χ4n) is 3.20. The van der Waals surface area contributed by atoms with E-state index in [-0.39, 0.29) is 6.04 Å². The van der Waals surface area contributed by atoms with E-state index >= 15 is 0 Å². The summed E-state index contributed by atoms with van der Waals surface area (Å²) < 4.78 is 27.8. The van der Waals surface area contributed by atoms with Crippen molar-refractivity contribution in [3.63, 3.8) is 0 Å². The van der Waals surface area contributed by atoms with Crippen molar-refractivity contribution in [2.45, 2.75) is 19.4 Å². The van der Waals surface area contributed by atoms with Crippen LogP contribution in [-0.2, 0) is 0 Å². The van der Waals surface area contributed by atoms with Crippen molar-refractivity contribution in [1.82, 2.24) is 15.2 Å². The van der Waals surface area contributed by atoms with Crippen molar-refractivity contribution in [3.05, 3.63) is 65.0 Å². The number of hydrogen-bond donors (Lipinski definition) is 1. The van der Waals surface area contributed by atoms with Gasteiger partial charge in [-0.2, -0.15) is 0 Å². The minimum absolute atomic E-state index is 0.224. The Hall–Kier alpha value is -1.85. The third-order valence-corrected chi connectivity index (χ3v) is 4.36. The van der Waals surface area contributed by atoms with Crippen LogP contribution in [0.3, 0.4) is 0 Å². The Kier molecular flexibility index (Phi) is 4.98. The zero-order valence-corrected chi connectivity index (χ0v) is 13.2. The Bertz CT molecular complexity index is 667. The fraction of sp³-hybridized carbons (Fsp3) is 0.389. The predicted octanol–water partition coefficient (Wildman–Crippen LogP) is 3.05. The Morgan fingerprint density at radius 2 is 2.00 bits per heavy atom. The Morgan fingerprint density at radius 1 is 1.13 bits per heavy atom. The Morgan fingerprint density at radius 3 is 2.78 bits per heavy atom. The summed E-state index contributed by atoms with van der Waals surface area (Å²) in [4.78, 5) is 6.40. The molecule has 1 saturated heterocycles. The van der Waals surface area contributed by atoms with Crippen LogP contribution in [0.25, 0.3) is 0 Å². The maximum absolute atomic E-state index is 14.5. The summed E-state index contributed by atoms with van der Waals surface area (Å²) in [7, 11) is 0. The lowest BCUT2D eigenvalue weighted by atomic mass is 9.94. The lowest BCUT2D eigenvalue weighted by Gasteiger charge is -2.32. The largest absolute Gasteiger partial charge is 0.315 e. The molecule has 3 rings (SSSR count). The number of pyridine rings is 1. The number of halogens is 2. The average molecular weight is 317 g/mol. The molecule has 5 heteroatoms. The third-order valence-electron chi connectivity index (χ3n) is 4.36. The molecule has 0 bridgehead atoms. The number of nitrogens with one attached hydrogen (secondary N) is 1. The van der Waals surface area contributed by atoms with Gasteiger partial charge >= 0.3 is 0 Å². The first-order valence-electron chi connectivity index (χ1n) is 7.97. The van der Waals surface area contributed by atoms with Crippen LogP contribution in [0.1, 0.15) is 29.2 Å². The molecule has 1 aliphatic heterocycles. The average Bonchev–Trinajstić information content (AvgIpc) is 2.80. The topological polar surface area (TPSA) is 28.2 Å². The molecule has 1 atom stereocenters. The van der Waals surface area contributed by atoms with Crippen LogP contribution in [-0.4, -0.2) is 36.1 Å². The second-order valence-electron chi connectivity index (χ2n) is 5.94. The summed E-state index contributed by atoms with van der Waals surface area (Å²) in [5.41, 5.74) is 2.55. The molecule has 1 aromatic carbocycles. The van der Waals surface area contributed by atoms with E-state index in [1.807, 2.05) is 13.0 Å². The van der Waals surface area contributed by atoms with Gasteiger partial charge in [0.05, 0.1) is 6.04 Å². The standard InChI is InChI=1S/C18H21F2N3/c1-13-12-22-7-5-15(13)18(23-9-2-6-21-8-10-23)16-4-3-14(19)11-17(16)20/h3-5,7,11-12,18,21H,2,6,8-10H2,1H3. The molecule has 2 heterocycles. The number of benzene rings is 1.